The molecule has 1 aromatic carbocycles. The van der Waals surface area contributed by atoms with E-state index >= 15 is 0 Å². The fourth-order valence-electron chi connectivity index (χ4n) is 2.07. The lowest BCUT2D eigenvalue weighted by molar-refractivity contribution is 0.00299. The summed E-state index contributed by atoms with van der Waals surface area (Å²) in [5, 5.41) is 8.79. The van der Waals surface area contributed by atoms with Crippen molar-refractivity contribution >= 4 is 27.3 Å². The van der Waals surface area contributed by atoms with Gasteiger partial charge in [-0.15, -0.1) is 0 Å². The van der Waals surface area contributed by atoms with Crippen LogP contribution in [0.15, 0.2) is 23.1 Å². The SMILES string of the molecule is CCOC1CC(Nc2cc(S(N)(=O)=O)ccc2Cl)C1. The second-order valence-corrected chi connectivity index (χ2v) is 6.55. The van der Waals surface area contributed by atoms with Crippen LogP contribution in [0.3, 0.4) is 0 Å². The molecule has 1 saturated carbocycles. The third-order valence-corrected chi connectivity index (χ3v) is 4.36. The molecule has 0 radical (unpaired) electrons. The van der Waals surface area contributed by atoms with Gasteiger partial charge in [-0.05, 0) is 38.0 Å². The molecule has 1 aliphatic carbocycles. The predicted molar refractivity (Wildman–Crippen MR) is 74.9 cm³/mol. The van der Waals surface area contributed by atoms with Gasteiger partial charge in [-0.3, -0.25) is 0 Å². The van der Waals surface area contributed by atoms with Gasteiger partial charge in [-0.2, -0.15) is 0 Å². The van der Waals surface area contributed by atoms with Gasteiger partial charge in [0.1, 0.15) is 0 Å². The first-order valence-corrected chi connectivity index (χ1v) is 8.03. The van der Waals surface area contributed by atoms with Gasteiger partial charge in [0, 0.05) is 12.6 Å². The molecular weight excluding hydrogens is 288 g/mol. The normalized spacial score (nSPS) is 22.9. The first kappa shape index (κ1) is 14.6. The van der Waals surface area contributed by atoms with Gasteiger partial charge in [0.05, 0.1) is 21.7 Å². The van der Waals surface area contributed by atoms with Crippen LogP contribution < -0.4 is 10.5 Å². The van der Waals surface area contributed by atoms with Crippen LogP contribution in [0.5, 0.6) is 0 Å². The van der Waals surface area contributed by atoms with E-state index in [0.29, 0.717) is 17.3 Å². The number of nitrogens with two attached hydrogens (primary N) is 1. The Bertz CT molecular complexity index is 556. The number of anilines is 1. The van der Waals surface area contributed by atoms with Crippen LogP contribution >= 0.6 is 11.6 Å². The fraction of sp³-hybridized carbons (Fsp3) is 0.500. The second kappa shape index (κ2) is 5.66. The van der Waals surface area contributed by atoms with Crippen molar-refractivity contribution in [3.05, 3.63) is 23.2 Å². The van der Waals surface area contributed by atoms with Gasteiger partial charge in [0.2, 0.25) is 10.0 Å². The van der Waals surface area contributed by atoms with Crippen LogP contribution in [-0.4, -0.2) is 27.2 Å². The van der Waals surface area contributed by atoms with E-state index in [9.17, 15) is 8.42 Å². The monoisotopic (exact) mass is 304 g/mol. The average molecular weight is 305 g/mol. The lowest BCUT2D eigenvalue weighted by Crippen LogP contribution is -2.40. The third-order valence-electron chi connectivity index (χ3n) is 3.12. The topological polar surface area (TPSA) is 81.4 Å². The van der Waals surface area contributed by atoms with E-state index in [1.165, 1.54) is 18.2 Å². The van der Waals surface area contributed by atoms with Crippen LogP contribution in [-0.2, 0) is 14.8 Å². The first-order chi connectivity index (χ1) is 8.90. The minimum Gasteiger partial charge on any atom is -0.381 e. The van der Waals surface area contributed by atoms with Crippen LogP contribution in [0.2, 0.25) is 5.02 Å². The smallest absolute Gasteiger partial charge is 0.238 e. The Morgan fingerprint density at radius 2 is 2.16 bits per heavy atom. The molecule has 0 spiro atoms. The van der Waals surface area contributed by atoms with E-state index in [1.807, 2.05) is 6.92 Å². The highest BCUT2D eigenvalue weighted by atomic mass is 35.5. The molecule has 0 amide bonds. The van der Waals surface area contributed by atoms with Gasteiger partial charge in [-0.25, -0.2) is 13.6 Å². The maximum absolute atomic E-state index is 11.3. The molecule has 1 aromatic rings. The largest absolute Gasteiger partial charge is 0.381 e. The van der Waals surface area contributed by atoms with Crippen molar-refractivity contribution in [1.82, 2.24) is 0 Å². The molecule has 2 rings (SSSR count). The Kier molecular flexibility index (Phi) is 4.35. The van der Waals surface area contributed by atoms with Gasteiger partial charge in [0.25, 0.3) is 0 Å². The Morgan fingerprint density at radius 3 is 2.74 bits per heavy atom. The summed E-state index contributed by atoms with van der Waals surface area (Å²) in [4.78, 5) is 0.0556. The highest BCUT2D eigenvalue weighted by Crippen LogP contribution is 2.31. The maximum atomic E-state index is 11.3. The standard InChI is InChI=1S/C12H17ClN2O3S/c1-2-18-9-5-8(6-9)15-12-7-10(19(14,16)17)3-4-11(12)13/h3-4,7-9,15H,2,5-6H2,1H3,(H2,14,16,17). The predicted octanol–water partition coefficient (Wildman–Crippen LogP) is 1.97. The molecule has 1 aliphatic rings. The number of rotatable bonds is 5. The Morgan fingerprint density at radius 1 is 1.47 bits per heavy atom. The quantitative estimate of drug-likeness (QED) is 0.871. The van der Waals surface area contributed by atoms with Crippen molar-refractivity contribution in [2.45, 2.75) is 36.8 Å². The molecule has 0 aromatic heterocycles. The summed E-state index contributed by atoms with van der Waals surface area (Å²) in [6, 6.07) is 4.64. The number of primary sulfonamides is 1. The molecule has 0 unspecified atom stereocenters. The van der Waals surface area contributed by atoms with Crippen LogP contribution in [0.4, 0.5) is 5.69 Å². The molecule has 0 heterocycles. The minimum absolute atomic E-state index is 0.0556. The van der Waals surface area contributed by atoms with E-state index in [4.69, 9.17) is 21.5 Å². The fourth-order valence-corrected chi connectivity index (χ4v) is 2.78. The van der Waals surface area contributed by atoms with Crippen molar-refractivity contribution in [2.75, 3.05) is 11.9 Å². The van der Waals surface area contributed by atoms with Gasteiger partial charge < -0.3 is 10.1 Å². The van der Waals surface area contributed by atoms with Crippen molar-refractivity contribution < 1.29 is 13.2 Å². The number of hydrogen-bond acceptors (Lipinski definition) is 4. The second-order valence-electron chi connectivity index (χ2n) is 4.58. The molecule has 3 N–H and O–H groups in total. The molecule has 5 nitrogen and oxygen atoms in total. The molecule has 0 aliphatic heterocycles. The summed E-state index contributed by atoms with van der Waals surface area (Å²) in [7, 11) is -3.71. The Labute approximate surface area is 118 Å². The molecule has 0 saturated heterocycles. The number of ether oxygens (including phenoxy) is 1. The third kappa shape index (κ3) is 3.60. The van der Waals surface area contributed by atoms with Gasteiger partial charge >= 0.3 is 0 Å². The molecule has 7 heteroatoms. The zero-order chi connectivity index (χ0) is 14.0. The number of benzene rings is 1. The number of hydrogen-bond donors (Lipinski definition) is 2. The number of nitrogens with one attached hydrogen (secondary N) is 1. The summed E-state index contributed by atoms with van der Waals surface area (Å²) in [6.45, 7) is 2.67. The van der Waals surface area contributed by atoms with Crippen molar-refractivity contribution in [3.8, 4) is 0 Å². The van der Waals surface area contributed by atoms with E-state index in [1.54, 1.807) is 0 Å². The first-order valence-electron chi connectivity index (χ1n) is 6.10. The molecular formula is C12H17ClN2O3S. The van der Waals surface area contributed by atoms with E-state index in [2.05, 4.69) is 5.32 Å². The van der Waals surface area contributed by atoms with Crippen LogP contribution in [0.1, 0.15) is 19.8 Å². The summed E-state index contributed by atoms with van der Waals surface area (Å²) in [6.07, 6.45) is 2.07. The lowest BCUT2D eigenvalue weighted by Gasteiger charge is -2.36. The summed E-state index contributed by atoms with van der Waals surface area (Å²) in [5.74, 6) is 0. The lowest BCUT2D eigenvalue weighted by atomic mass is 9.89. The number of halogens is 1. The number of sulfonamides is 1. The zero-order valence-corrected chi connectivity index (χ0v) is 12.2. The van der Waals surface area contributed by atoms with Crippen LogP contribution in [0.25, 0.3) is 0 Å². The molecule has 0 bridgehead atoms. The molecule has 1 fully saturated rings. The maximum Gasteiger partial charge on any atom is 0.238 e. The van der Waals surface area contributed by atoms with Crippen molar-refractivity contribution in [3.63, 3.8) is 0 Å². The summed E-state index contributed by atoms with van der Waals surface area (Å²) < 4.78 is 28.0. The van der Waals surface area contributed by atoms with Crippen molar-refractivity contribution in [2.24, 2.45) is 5.14 Å². The minimum atomic E-state index is -3.71. The van der Waals surface area contributed by atoms with Gasteiger partial charge in [-0.1, -0.05) is 11.6 Å². The van der Waals surface area contributed by atoms with E-state index < -0.39 is 10.0 Å². The Balaban J connectivity index is 2.05. The van der Waals surface area contributed by atoms with E-state index in [-0.39, 0.29) is 17.0 Å². The Hall–Kier alpha value is -0.820. The highest BCUT2D eigenvalue weighted by molar-refractivity contribution is 7.89. The van der Waals surface area contributed by atoms with Crippen molar-refractivity contribution in [1.29, 1.82) is 0 Å². The summed E-state index contributed by atoms with van der Waals surface area (Å²) >= 11 is 6.04. The average Bonchev–Trinajstić information content (AvgIpc) is 2.27. The summed E-state index contributed by atoms with van der Waals surface area (Å²) in [5.41, 5.74) is 0.591. The van der Waals surface area contributed by atoms with Crippen LogP contribution in [0, 0.1) is 0 Å². The molecule has 106 valence electrons. The highest BCUT2D eigenvalue weighted by Gasteiger charge is 2.29. The molecule has 0 atom stereocenters. The van der Waals surface area contributed by atoms with Gasteiger partial charge in [0.15, 0.2) is 0 Å². The zero-order valence-electron chi connectivity index (χ0n) is 10.6. The van der Waals surface area contributed by atoms with E-state index in [0.717, 1.165) is 12.8 Å². The molecule has 19 heavy (non-hydrogen) atoms.